The molecular weight excluding hydrogens is 140 g/mol. The fraction of sp³-hybridized carbons (Fsp3) is 1.00. The van der Waals surface area contributed by atoms with Crippen molar-refractivity contribution in [2.24, 2.45) is 5.92 Å². The predicted molar refractivity (Wildman–Crippen MR) is 43.2 cm³/mol. The van der Waals surface area contributed by atoms with Gasteiger partial charge in [0, 0.05) is 25.9 Å². The molecule has 0 radical (unpaired) electrons. The van der Waals surface area contributed by atoms with Gasteiger partial charge in [-0.2, -0.15) is 0 Å². The van der Waals surface area contributed by atoms with Gasteiger partial charge in [-0.1, -0.05) is 0 Å². The molecule has 3 heteroatoms. The molecule has 0 aliphatic carbocycles. The molecule has 2 atom stereocenters. The van der Waals surface area contributed by atoms with E-state index >= 15 is 0 Å². The molecule has 0 amide bonds. The van der Waals surface area contributed by atoms with E-state index in [-0.39, 0.29) is 0 Å². The van der Waals surface area contributed by atoms with E-state index < -0.39 is 0 Å². The third kappa shape index (κ3) is 1.41. The second-order valence-electron chi connectivity index (χ2n) is 3.66. The van der Waals surface area contributed by atoms with E-state index in [1.54, 1.807) is 0 Å². The first-order valence-corrected chi connectivity index (χ1v) is 4.46. The van der Waals surface area contributed by atoms with Gasteiger partial charge in [0.15, 0.2) is 0 Å². The van der Waals surface area contributed by atoms with Crippen LogP contribution in [0.15, 0.2) is 0 Å². The van der Waals surface area contributed by atoms with Gasteiger partial charge in [-0.15, -0.1) is 0 Å². The van der Waals surface area contributed by atoms with Crippen LogP contribution in [0, 0.1) is 5.92 Å². The highest BCUT2D eigenvalue weighted by atomic mass is 16.3. The SMILES string of the molecule is OCC1CC2CCNCN2C1. The number of nitrogens with one attached hydrogen (secondary N) is 1. The second-order valence-corrected chi connectivity index (χ2v) is 3.66. The highest BCUT2D eigenvalue weighted by Crippen LogP contribution is 2.25. The Labute approximate surface area is 67.4 Å². The molecule has 3 nitrogen and oxygen atoms in total. The Hall–Kier alpha value is -0.120. The van der Waals surface area contributed by atoms with E-state index in [0.29, 0.717) is 12.5 Å². The number of aliphatic hydroxyl groups is 1. The molecule has 0 bridgehead atoms. The normalized spacial score (nSPS) is 39.0. The fourth-order valence-corrected chi connectivity index (χ4v) is 2.21. The monoisotopic (exact) mass is 156 g/mol. The molecule has 0 saturated carbocycles. The summed E-state index contributed by atoms with van der Waals surface area (Å²) >= 11 is 0. The van der Waals surface area contributed by atoms with Crippen LogP contribution in [-0.4, -0.2) is 42.4 Å². The molecule has 2 saturated heterocycles. The third-order valence-corrected chi connectivity index (χ3v) is 2.84. The zero-order valence-electron chi connectivity index (χ0n) is 6.79. The van der Waals surface area contributed by atoms with Gasteiger partial charge in [-0.05, 0) is 25.3 Å². The van der Waals surface area contributed by atoms with Crippen molar-refractivity contribution in [2.75, 3.05) is 26.4 Å². The van der Waals surface area contributed by atoms with Gasteiger partial charge in [0.2, 0.25) is 0 Å². The molecule has 64 valence electrons. The van der Waals surface area contributed by atoms with Gasteiger partial charge in [0.1, 0.15) is 0 Å². The van der Waals surface area contributed by atoms with Gasteiger partial charge >= 0.3 is 0 Å². The Bertz CT molecular complexity index is 126. The van der Waals surface area contributed by atoms with E-state index in [4.69, 9.17) is 5.11 Å². The number of hydrogen-bond donors (Lipinski definition) is 2. The second kappa shape index (κ2) is 3.09. The zero-order valence-corrected chi connectivity index (χ0v) is 6.79. The summed E-state index contributed by atoms with van der Waals surface area (Å²) in [5.74, 6) is 0.542. The van der Waals surface area contributed by atoms with Crippen molar-refractivity contribution < 1.29 is 5.11 Å². The van der Waals surface area contributed by atoms with E-state index in [0.717, 1.165) is 25.8 Å². The van der Waals surface area contributed by atoms with Crippen molar-refractivity contribution in [1.82, 2.24) is 10.2 Å². The Morgan fingerprint density at radius 2 is 2.45 bits per heavy atom. The molecule has 0 aromatic rings. The summed E-state index contributed by atoms with van der Waals surface area (Å²) < 4.78 is 0. The summed E-state index contributed by atoms with van der Waals surface area (Å²) in [6.45, 7) is 3.64. The van der Waals surface area contributed by atoms with Gasteiger partial charge in [-0.25, -0.2) is 0 Å². The number of rotatable bonds is 1. The summed E-state index contributed by atoms with van der Waals surface area (Å²) in [6, 6.07) is 0.758. The highest BCUT2D eigenvalue weighted by Gasteiger charge is 2.32. The molecule has 11 heavy (non-hydrogen) atoms. The van der Waals surface area contributed by atoms with Crippen LogP contribution in [-0.2, 0) is 0 Å². The lowest BCUT2D eigenvalue weighted by Gasteiger charge is -2.29. The van der Waals surface area contributed by atoms with Gasteiger partial charge in [0.05, 0.1) is 0 Å². The lowest BCUT2D eigenvalue weighted by atomic mass is 10.0. The molecule has 2 aliphatic heterocycles. The van der Waals surface area contributed by atoms with E-state index in [1.807, 2.05) is 0 Å². The first-order valence-electron chi connectivity index (χ1n) is 4.46. The molecule has 2 rings (SSSR count). The number of nitrogens with zero attached hydrogens (tertiary/aromatic N) is 1. The Balaban J connectivity index is 1.92. The minimum atomic E-state index is 0.368. The minimum Gasteiger partial charge on any atom is -0.396 e. The first-order chi connectivity index (χ1) is 5.40. The molecule has 2 unspecified atom stereocenters. The van der Waals surface area contributed by atoms with E-state index in [2.05, 4.69) is 10.2 Å². The summed E-state index contributed by atoms with van der Waals surface area (Å²) in [7, 11) is 0. The molecule has 0 aromatic carbocycles. The maximum Gasteiger partial charge on any atom is 0.0483 e. The van der Waals surface area contributed by atoms with Crippen molar-refractivity contribution in [3.8, 4) is 0 Å². The van der Waals surface area contributed by atoms with Crippen molar-refractivity contribution >= 4 is 0 Å². The van der Waals surface area contributed by atoms with Gasteiger partial charge in [-0.3, -0.25) is 4.90 Å². The Kier molecular flexibility index (Phi) is 2.11. The van der Waals surface area contributed by atoms with Gasteiger partial charge < -0.3 is 10.4 Å². The molecule has 0 spiro atoms. The molecule has 2 aliphatic rings. The van der Waals surface area contributed by atoms with Crippen LogP contribution in [0.3, 0.4) is 0 Å². The van der Waals surface area contributed by atoms with Crippen LogP contribution in [0.5, 0.6) is 0 Å². The summed E-state index contributed by atoms with van der Waals surface area (Å²) in [5.41, 5.74) is 0. The van der Waals surface area contributed by atoms with Crippen LogP contribution >= 0.6 is 0 Å². The van der Waals surface area contributed by atoms with Crippen LogP contribution in [0.2, 0.25) is 0 Å². The molecule has 2 fully saturated rings. The zero-order chi connectivity index (χ0) is 7.68. The largest absolute Gasteiger partial charge is 0.396 e. The minimum absolute atomic E-state index is 0.368. The average molecular weight is 156 g/mol. The van der Waals surface area contributed by atoms with Crippen LogP contribution in [0.4, 0.5) is 0 Å². The van der Waals surface area contributed by atoms with E-state index in [9.17, 15) is 0 Å². The lowest BCUT2D eigenvalue weighted by molar-refractivity contribution is 0.179. The predicted octanol–water partition coefficient (Wildman–Crippen LogP) is -0.380. The maximum absolute atomic E-state index is 8.97. The molecule has 0 aromatic heterocycles. The van der Waals surface area contributed by atoms with Crippen LogP contribution in [0.25, 0.3) is 0 Å². The highest BCUT2D eigenvalue weighted by molar-refractivity contribution is 4.87. The van der Waals surface area contributed by atoms with Crippen molar-refractivity contribution in [3.63, 3.8) is 0 Å². The summed E-state index contributed by atoms with van der Waals surface area (Å²) in [4.78, 5) is 2.45. The molecule has 2 N–H and O–H groups in total. The Morgan fingerprint density at radius 1 is 1.55 bits per heavy atom. The molecule has 2 heterocycles. The standard InChI is InChI=1S/C8H16N2O/c11-5-7-3-8-1-2-9-6-10(8)4-7/h7-9,11H,1-6H2. The average Bonchev–Trinajstić information content (AvgIpc) is 2.46. The molecular formula is C8H16N2O. The number of hydrogen-bond acceptors (Lipinski definition) is 3. The quantitative estimate of drug-likeness (QED) is 0.543. The van der Waals surface area contributed by atoms with Crippen molar-refractivity contribution in [2.45, 2.75) is 18.9 Å². The fourth-order valence-electron chi connectivity index (χ4n) is 2.21. The first kappa shape index (κ1) is 7.53. The van der Waals surface area contributed by atoms with E-state index in [1.165, 1.54) is 12.8 Å². The van der Waals surface area contributed by atoms with Crippen LogP contribution in [0.1, 0.15) is 12.8 Å². The number of fused-ring (bicyclic) bond motifs is 1. The Morgan fingerprint density at radius 3 is 3.18 bits per heavy atom. The van der Waals surface area contributed by atoms with Crippen LogP contribution < -0.4 is 5.32 Å². The topological polar surface area (TPSA) is 35.5 Å². The van der Waals surface area contributed by atoms with Crippen molar-refractivity contribution in [3.05, 3.63) is 0 Å². The number of aliphatic hydroxyl groups excluding tert-OH is 1. The summed E-state index contributed by atoms with van der Waals surface area (Å²) in [5, 5.41) is 12.3. The smallest absolute Gasteiger partial charge is 0.0483 e. The van der Waals surface area contributed by atoms with Crippen molar-refractivity contribution in [1.29, 1.82) is 0 Å². The summed E-state index contributed by atoms with van der Waals surface area (Å²) in [6.07, 6.45) is 2.47. The maximum atomic E-state index is 8.97. The third-order valence-electron chi connectivity index (χ3n) is 2.84. The van der Waals surface area contributed by atoms with Gasteiger partial charge in [0.25, 0.3) is 0 Å². The lowest BCUT2D eigenvalue weighted by Crippen LogP contribution is -2.44.